The second-order valence-corrected chi connectivity index (χ2v) is 4.89. The van der Waals surface area contributed by atoms with Crippen LogP contribution in [0.4, 0.5) is 0 Å². The molecular formula is C14H16N6O2. The molecule has 22 heavy (non-hydrogen) atoms. The molecule has 3 rings (SSSR count). The van der Waals surface area contributed by atoms with Crippen molar-refractivity contribution in [1.82, 2.24) is 29.6 Å². The van der Waals surface area contributed by atoms with E-state index >= 15 is 0 Å². The predicted molar refractivity (Wildman–Crippen MR) is 78.9 cm³/mol. The highest BCUT2D eigenvalue weighted by molar-refractivity contribution is 5.34. The highest BCUT2D eigenvalue weighted by Crippen LogP contribution is 2.19. The van der Waals surface area contributed by atoms with Gasteiger partial charge in [-0.05, 0) is 29.0 Å². The Morgan fingerprint density at radius 3 is 2.77 bits per heavy atom. The third-order valence-electron chi connectivity index (χ3n) is 3.31. The number of para-hydroxylation sites is 1. The second-order valence-electron chi connectivity index (χ2n) is 4.89. The number of aryl methyl sites for hydroxylation is 3. The van der Waals surface area contributed by atoms with Crippen LogP contribution in [0, 0.1) is 6.92 Å². The van der Waals surface area contributed by atoms with Gasteiger partial charge in [0.05, 0.1) is 13.1 Å². The van der Waals surface area contributed by atoms with Gasteiger partial charge in [-0.1, -0.05) is 18.2 Å². The average molecular weight is 302 g/mol. The number of ether oxygens (including phenoxy) is 1. The Morgan fingerprint density at radius 1 is 1.27 bits per heavy atom. The van der Waals surface area contributed by atoms with Gasteiger partial charge in [0.2, 0.25) is 0 Å². The molecular weight excluding hydrogens is 284 g/mol. The Balaban J connectivity index is 1.90. The van der Waals surface area contributed by atoms with Crippen molar-refractivity contribution in [3.63, 3.8) is 0 Å². The third kappa shape index (κ3) is 2.39. The zero-order chi connectivity index (χ0) is 16.6. The van der Waals surface area contributed by atoms with E-state index in [-0.39, 0.29) is 12.3 Å². The Bertz CT molecular complexity index is 910. The molecule has 0 saturated carbocycles. The van der Waals surface area contributed by atoms with Gasteiger partial charge in [-0.3, -0.25) is 4.68 Å². The molecule has 8 heteroatoms. The van der Waals surface area contributed by atoms with E-state index in [1.54, 1.807) is 36.1 Å². The van der Waals surface area contributed by atoms with Crippen LogP contribution >= 0.6 is 0 Å². The minimum atomic E-state index is -0.357. The summed E-state index contributed by atoms with van der Waals surface area (Å²) in [4.78, 5) is 12.0. The number of nitrogens with zero attached hydrogens (tertiary/aromatic N) is 6. The highest BCUT2D eigenvalue weighted by atomic mass is 16.5. The standard InChI is InChI=1S/C14H16N6O2/c1-10-6-4-5-7-12(10)22-9-11-8-15-18(2)13(11)20-14(21)19(3)16-17-20/h4-8H,9H2,1-3H3/i4T. The minimum Gasteiger partial charge on any atom is -0.488 e. The maximum Gasteiger partial charge on any atom is 0.369 e. The lowest BCUT2D eigenvalue weighted by Crippen LogP contribution is -2.24. The van der Waals surface area contributed by atoms with Crippen LogP contribution in [0.3, 0.4) is 0 Å². The molecule has 114 valence electrons. The SMILES string of the molecule is [3H]c1ccc(OCc2cnn(C)c2-n2nnn(C)c2=O)c(C)c1. The van der Waals surface area contributed by atoms with Crippen LogP contribution in [0.5, 0.6) is 5.75 Å². The summed E-state index contributed by atoms with van der Waals surface area (Å²) in [5, 5.41) is 11.7. The fourth-order valence-electron chi connectivity index (χ4n) is 2.11. The number of hydrogen-bond acceptors (Lipinski definition) is 5. The van der Waals surface area contributed by atoms with Crippen molar-refractivity contribution in [2.75, 3.05) is 0 Å². The van der Waals surface area contributed by atoms with Gasteiger partial charge >= 0.3 is 5.69 Å². The Labute approximate surface area is 127 Å². The van der Waals surface area contributed by atoms with E-state index in [2.05, 4.69) is 15.5 Å². The molecule has 0 radical (unpaired) electrons. The summed E-state index contributed by atoms with van der Waals surface area (Å²) in [5.41, 5.74) is 1.23. The summed E-state index contributed by atoms with van der Waals surface area (Å²) in [6.45, 7) is 2.11. The first-order valence-corrected chi connectivity index (χ1v) is 6.67. The molecule has 0 amide bonds. The molecule has 0 saturated heterocycles. The van der Waals surface area contributed by atoms with Gasteiger partial charge in [-0.2, -0.15) is 9.78 Å². The van der Waals surface area contributed by atoms with E-state index in [4.69, 9.17) is 6.11 Å². The molecule has 2 heterocycles. The highest BCUT2D eigenvalue weighted by Gasteiger charge is 2.16. The lowest BCUT2D eigenvalue weighted by molar-refractivity contribution is 0.303. The molecule has 8 nitrogen and oxygen atoms in total. The monoisotopic (exact) mass is 302 g/mol. The van der Waals surface area contributed by atoms with Crippen LogP contribution in [0.1, 0.15) is 12.5 Å². The van der Waals surface area contributed by atoms with Crippen LogP contribution in [0.15, 0.2) is 35.2 Å². The van der Waals surface area contributed by atoms with Crippen LogP contribution in [-0.4, -0.2) is 29.6 Å². The molecule has 0 aliphatic heterocycles. The van der Waals surface area contributed by atoms with Gasteiger partial charge < -0.3 is 4.74 Å². The largest absolute Gasteiger partial charge is 0.488 e. The van der Waals surface area contributed by atoms with Crippen molar-refractivity contribution in [3.05, 3.63) is 52.0 Å². The molecule has 0 atom stereocenters. The van der Waals surface area contributed by atoms with Gasteiger partial charge in [-0.25, -0.2) is 4.79 Å². The molecule has 0 aliphatic rings. The first kappa shape index (κ1) is 12.8. The maximum absolute atomic E-state index is 12.0. The molecule has 0 fully saturated rings. The molecule has 0 unspecified atom stereocenters. The van der Waals surface area contributed by atoms with Crippen molar-refractivity contribution in [2.24, 2.45) is 14.1 Å². The van der Waals surface area contributed by atoms with Gasteiger partial charge in [0.25, 0.3) is 0 Å². The lowest BCUT2D eigenvalue weighted by Gasteiger charge is -2.09. The molecule has 0 bridgehead atoms. The van der Waals surface area contributed by atoms with Crippen LogP contribution in [0.25, 0.3) is 5.82 Å². The van der Waals surface area contributed by atoms with E-state index in [0.29, 0.717) is 23.2 Å². The second kappa shape index (κ2) is 5.47. The fraction of sp³-hybridized carbons (Fsp3) is 0.286. The summed E-state index contributed by atoms with van der Waals surface area (Å²) in [6, 6.07) is 5.58. The van der Waals surface area contributed by atoms with Crippen LogP contribution in [-0.2, 0) is 20.7 Å². The fourth-order valence-corrected chi connectivity index (χ4v) is 2.11. The van der Waals surface area contributed by atoms with Crippen molar-refractivity contribution >= 4 is 0 Å². The van der Waals surface area contributed by atoms with Gasteiger partial charge in [-0.15, -0.1) is 4.68 Å². The number of rotatable bonds is 4. The van der Waals surface area contributed by atoms with Crippen molar-refractivity contribution in [3.8, 4) is 11.6 Å². The quantitative estimate of drug-likeness (QED) is 0.704. The number of hydrogen-bond donors (Lipinski definition) is 0. The van der Waals surface area contributed by atoms with Gasteiger partial charge in [0.1, 0.15) is 12.4 Å². The smallest absolute Gasteiger partial charge is 0.369 e. The van der Waals surface area contributed by atoms with Crippen molar-refractivity contribution in [1.29, 1.82) is 0 Å². The molecule has 0 N–H and O–H groups in total. The van der Waals surface area contributed by atoms with Gasteiger partial charge in [0, 0.05) is 14.1 Å². The molecule has 1 aromatic carbocycles. The van der Waals surface area contributed by atoms with Gasteiger partial charge in [0.15, 0.2) is 5.82 Å². The zero-order valence-corrected chi connectivity index (χ0v) is 12.5. The topological polar surface area (TPSA) is 79.8 Å². The predicted octanol–water partition coefficient (Wildman–Crippen LogP) is 0.587. The molecule has 3 aromatic rings. The maximum atomic E-state index is 12.0. The van der Waals surface area contributed by atoms with Crippen molar-refractivity contribution < 1.29 is 6.11 Å². The van der Waals surface area contributed by atoms with E-state index < -0.39 is 0 Å². The van der Waals surface area contributed by atoms with Crippen LogP contribution < -0.4 is 10.4 Å². The van der Waals surface area contributed by atoms with E-state index in [9.17, 15) is 4.79 Å². The van der Waals surface area contributed by atoms with Crippen LogP contribution in [0.2, 0.25) is 0 Å². The molecule has 0 spiro atoms. The Morgan fingerprint density at radius 2 is 2.09 bits per heavy atom. The zero-order valence-electron chi connectivity index (χ0n) is 13.5. The number of aromatic nitrogens is 6. The Hall–Kier alpha value is -2.90. The van der Waals surface area contributed by atoms with E-state index in [1.807, 2.05) is 6.92 Å². The summed E-state index contributed by atoms with van der Waals surface area (Å²) >= 11 is 0. The van der Waals surface area contributed by atoms with E-state index in [1.165, 1.54) is 11.7 Å². The third-order valence-corrected chi connectivity index (χ3v) is 3.31. The summed E-state index contributed by atoms with van der Waals surface area (Å²) in [5.74, 6) is 1.19. The Kier molecular flexibility index (Phi) is 3.19. The van der Waals surface area contributed by atoms with Crippen molar-refractivity contribution in [2.45, 2.75) is 13.5 Å². The average Bonchev–Trinajstić information content (AvgIpc) is 3.02. The first-order chi connectivity index (χ1) is 11.0. The normalized spacial score (nSPS) is 11.5. The summed E-state index contributed by atoms with van der Waals surface area (Å²) in [6.07, 6.45) is 1.63. The summed E-state index contributed by atoms with van der Waals surface area (Å²) < 4.78 is 17.3. The lowest BCUT2D eigenvalue weighted by atomic mass is 10.2. The minimum absolute atomic E-state index is 0.227. The first-order valence-electron chi connectivity index (χ1n) is 7.17. The van der Waals surface area contributed by atoms with E-state index in [0.717, 1.165) is 10.2 Å². The number of benzene rings is 1. The number of tetrazole rings is 1. The summed E-state index contributed by atoms with van der Waals surface area (Å²) in [7, 11) is 3.25. The molecule has 2 aromatic heterocycles. The molecule has 0 aliphatic carbocycles.